The van der Waals surface area contributed by atoms with Crippen LogP contribution in [0.3, 0.4) is 0 Å². The molecular formula is C20H22N2O2. The zero-order valence-electron chi connectivity index (χ0n) is 14.5. The number of carbonyl (C=O) groups is 2. The molecule has 1 aliphatic heterocycles. The smallest absolute Gasteiger partial charge is 0.256 e. The van der Waals surface area contributed by atoms with Crippen molar-refractivity contribution in [1.29, 1.82) is 0 Å². The fraction of sp³-hybridized carbons (Fsp3) is 0.300. The average Bonchev–Trinajstić information content (AvgIpc) is 2.76. The Morgan fingerprint density at radius 2 is 1.58 bits per heavy atom. The molecule has 1 aliphatic rings. The average molecular weight is 322 g/mol. The van der Waals surface area contributed by atoms with Crippen LogP contribution in [0.25, 0.3) is 0 Å². The number of hydrogen-bond donors (Lipinski definition) is 1. The van der Waals surface area contributed by atoms with Gasteiger partial charge in [-0.05, 0) is 74.2 Å². The molecule has 1 atom stereocenters. The molecule has 0 aromatic heterocycles. The summed E-state index contributed by atoms with van der Waals surface area (Å²) in [5, 5.41) is 3.21. The van der Waals surface area contributed by atoms with Gasteiger partial charge < -0.3 is 5.32 Å². The summed E-state index contributed by atoms with van der Waals surface area (Å²) in [5.41, 5.74) is 5.96. The lowest BCUT2D eigenvalue weighted by Crippen LogP contribution is -2.34. The van der Waals surface area contributed by atoms with Crippen molar-refractivity contribution >= 4 is 23.2 Å². The number of imide groups is 1. The van der Waals surface area contributed by atoms with Gasteiger partial charge in [0.25, 0.3) is 5.91 Å². The first-order valence-electron chi connectivity index (χ1n) is 8.14. The molecule has 1 N–H and O–H groups in total. The molecule has 24 heavy (non-hydrogen) atoms. The van der Waals surface area contributed by atoms with Crippen molar-refractivity contribution in [1.82, 2.24) is 0 Å². The number of amides is 2. The molecule has 0 bridgehead atoms. The molecule has 0 saturated carbocycles. The summed E-state index contributed by atoms with van der Waals surface area (Å²) >= 11 is 0. The Balaban J connectivity index is 1.84. The van der Waals surface area contributed by atoms with E-state index in [0.717, 1.165) is 22.4 Å². The maximum atomic E-state index is 12.7. The van der Waals surface area contributed by atoms with Gasteiger partial charge in [0.15, 0.2) is 0 Å². The topological polar surface area (TPSA) is 49.4 Å². The standard InChI is InChI=1S/C20H22N2O2/c1-12-7-13(2)9-17(8-12)22-19(23)11-18(20(22)24)21-16-6-5-14(3)15(4)10-16/h5-10,18,21H,11H2,1-4H3. The summed E-state index contributed by atoms with van der Waals surface area (Å²) in [7, 11) is 0. The van der Waals surface area contributed by atoms with E-state index in [4.69, 9.17) is 0 Å². The SMILES string of the molecule is Cc1cc(C)cc(N2C(=O)CC(Nc3ccc(C)c(C)c3)C2=O)c1. The molecule has 1 unspecified atom stereocenters. The van der Waals surface area contributed by atoms with Crippen molar-refractivity contribution < 1.29 is 9.59 Å². The second-order valence-corrected chi connectivity index (χ2v) is 6.61. The van der Waals surface area contributed by atoms with Gasteiger partial charge in [0, 0.05) is 5.69 Å². The molecule has 4 nitrogen and oxygen atoms in total. The van der Waals surface area contributed by atoms with Gasteiger partial charge in [0.2, 0.25) is 5.91 Å². The first-order valence-corrected chi connectivity index (χ1v) is 8.14. The lowest BCUT2D eigenvalue weighted by atomic mass is 10.1. The summed E-state index contributed by atoms with van der Waals surface area (Å²) in [4.78, 5) is 26.4. The first-order chi connectivity index (χ1) is 11.3. The van der Waals surface area contributed by atoms with Gasteiger partial charge in [-0.3, -0.25) is 9.59 Å². The van der Waals surface area contributed by atoms with E-state index in [0.29, 0.717) is 5.69 Å². The largest absolute Gasteiger partial charge is 0.373 e. The van der Waals surface area contributed by atoms with Crippen LogP contribution in [0.2, 0.25) is 0 Å². The van der Waals surface area contributed by atoms with E-state index in [1.54, 1.807) is 0 Å². The third-order valence-electron chi connectivity index (χ3n) is 4.46. The molecule has 1 heterocycles. The molecular weight excluding hydrogens is 300 g/mol. The number of anilines is 2. The monoisotopic (exact) mass is 322 g/mol. The molecule has 0 spiro atoms. The van der Waals surface area contributed by atoms with Crippen molar-refractivity contribution in [2.24, 2.45) is 0 Å². The van der Waals surface area contributed by atoms with Gasteiger partial charge >= 0.3 is 0 Å². The highest BCUT2D eigenvalue weighted by Gasteiger charge is 2.39. The third kappa shape index (κ3) is 3.04. The lowest BCUT2D eigenvalue weighted by Gasteiger charge is -2.17. The molecule has 124 valence electrons. The Kier molecular flexibility index (Phi) is 4.14. The van der Waals surface area contributed by atoms with Crippen molar-refractivity contribution in [3.63, 3.8) is 0 Å². The van der Waals surface area contributed by atoms with E-state index in [1.165, 1.54) is 10.5 Å². The maximum Gasteiger partial charge on any atom is 0.256 e. The number of hydrogen-bond acceptors (Lipinski definition) is 3. The number of benzene rings is 2. The molecule has 2 aromatic carbocycles. The minimum absolute atomic E-state index is 0.161. The van der Waals surface area contributed by atoms with Crippen LogP contribution in [0.4, 0.5) is 11.4 Å². The van der Waals surface area contributed by atoms with Crippen LogP contribution in [0, 0.1) is 27.7 Å². The van der Waals surface area contributed by atoms with Gasteiger partial charge in [-0.1, -0.05) is 12.1 Å². The number of carbonyl (C=O) groups excluding carboxylic acids is 2. The Morgan fingerprint density at radius 3 is 2.21 bits per heavy atom. The van der Waals surface area contributed by atoms with Crippen LogP contribution in [0.1, 0.15) is 28.7 Å². The summed E-state index contributed by atoms with van der Waals surface area (Å²) in [6, 6.07) is 11.2. The Bertz CT molecular complexity index is 806. The number of aryl methyl sites for hydroxylation is 4. The minimum Gasteiger partial charge on any atom is -0.373 e. The summed E-state index contributed by atoms with van der Waals surface area (Å²) < 4.78 is 0. The van der Waals surface area contributed by atoms with E-state index in [9.17, 15) is 9.59 Å². The van der Waals surface area contributed by atoms with Crippen LogP contribution < -0.4 is 10.2 Å². The quantitative estimate of drug-likeness (QED) is 0.877. The van der Waals surface area contributed by atoms with Crippen molar-refractivity contribution in [3.8, 4) is 0 Å². The summed E-state index contributed by atoms with van der Waals surface area (Å²) in [5.74, 6) is -0.352. The molecule has 2 amide bonds. The normalized spacial score (nSPS) is 17.5. The summed E-state index contributed by atoms with van der Waals surface area (Å²) in [6.07, 6.45) is 0.179. The maximum absolute atomic E-state index is 12.7. The minimum atomic E-state index is -0.513. The number of nitrogens with zero attached hydrogens (tertiary/aromatic N) is 1. The molecule has 3 rings (SSSR count). The van der Waals surface area contributed by atoms with Gasteiger partial charge in [0.1, 0.15) is 6.04 Å². The van der Waals surface area contributed by atoms with Gasteiger partial charge in [0.05, 0.1) is 12.1 Å². The Morgan fingerprint density at radius 1 is 0.917 bits per heavy atom. The van der Waals surface area contributed by atoms with E-state index < -0.39 is 6.04 Å². The first kappa shape index (κ1) is 16.2. The second-order valence-electron chi connectivity index (χ2n) is 6.61. The fourth-order valence-electron chi connectivity index (χ4n) is 3.13. The molecule has 1 saturated heterocycles. The highest BCUT2D eigenvalue weighted by atomic mass is 16.2. The molecule has 0 radical (unpaired) electrons. The van der Waals surface area contributed by atoms with Gasteiger partial charge in [-0.25, -0.2) is 4.90 Å². The summed E-state index contributed by atoms with van der Waals surface area (Å²) in [6.45, 7) is 8.01. The number of nitrogens with one attached hydrogen (secondary N) is 1. The molecule has 0 aliphatic carbocycles. The second kappa shape index (κ2) is 6.11. The molecule has 4 heteroatoms. The van der Waals surface area contributed by atoms with E-state index in [1.807, 2.05) is 64.1 Å². The number of rotatable bonds is 3. The Hall–Kier alpha value is -2.62. The van der Waals surface area contributed by atoms with Crippen LogP contribution >= 0.6 is 0 Å². The third-order valence-corrected chi connectivity index (χ3v) is 4.46. The zero-order valence-corrected chi connectivity index (χ0v) is 14.5. The van der Waals surface area contributed by atoms with Crippen LogP contribution in [0.15, 0.2) is 36.4 Å². The molecule has 2 aromatic rings. The highest BCUT2D eigenvalue weighted by molar-refractivity contribution is 6.23. The van der Waals surface area contributed by atoms with Crippen LogP contribution in [-0.4, -0.2) is 17.9 Å². The van der Waals surface area contributed by atoms with Crippen molar-refractivity contribution in [2.45, 2.75) is 40.2 Å². The van der Waals surface area contributed by atoms with E-state index >= 15 is 0 Å². The predicted octanol–water partition coefficient (Wildman–Crippen LogP) is 3.66. The fourth-order valence-corrected chi connectivity index (χ4v) is 3.13. The van der Waals surface area contributed by atoms with E-state index in [-0.39, 0.29) is 18.2 Å². The lowest BCUT2D eigenvalue weighted by molar-refractivity contribution is -0.121. The predicted molar refractivity (Wildman–Crippen MR) is 96.4 cm³/mol. The zero-order chi connectivity index (χ0) is 17.4. The van der Waals surface area contributed by atoms with Gasteiger partial charge in [-0.2, -0.15) is 0 Å². The van der Waals surface area contributed by atoms with Crippen LogP contribution in [0.5, 0.6) is 0 Å². The van der Waals surface area contributed by atoms with Crippen LogP contribution in [-0.2, 0) is 9.59 Å². The van der Waals surface area contributed by atoms with E-state index in [2.05, 4.69) is 5.32 Å². The van der Waals surface area contributed by atoms with Crippen molar-refractivity contribution in [3.05, 3.63) is 58.7 Å². The molecule has 1 fully saturated rings. The Labute approximate surface area is 142 Å². The van der Waals surface area contributed by atoms with Gasteiger partial charge in [-0.15, -0.1) is 0 Å². The highest BCUT2D eigenvalue weighted by Crippen LogP contribution is 2.27. The van der Waals surface area contributed by atoms with Crippen molar-refractivity contribution in [2.75, 3.05) is 10.2 Å².